The smallest absolute Gasteiger partial charge is 0.237 e. The number of hydrogen-bond acceptors (Lipinski definition) is 5. The number of nitrogens with two attached hydrogens (primary N) is 1. The van der Waals surface area contributed by atoms with Crippen molar-refractivity contribution in [1.29, 1.82) is 0 Å². The third kappa shape index (κ3) is 7.67. The highest BCUT2D eigenvalue weighted by atomic mass is 16.5. The fourth-order valence-electron chi connectivity index (χ4n) is 3.32. The fourth-order valence-corrected chi connectivity index (χ4v) is 3.32. The van der Waals surface area contributed by atoms with Crippen LogP contribution in [0.25, 0.3) is 31.9 Å². The molecule has 0 saturated heterocycles. The molecule has 0 unspecified atom stereocenters. The number of aliphatic hydroxyl groups excluding tert-OH is 1. The molecule has 38 heavy (non-hydrogen) atoms. The number of ether oxygens (including phenoxy) is 1. The van der Waals surface area contributed by atoms with Crippen molar-refractivity contribution in [3.05, 3.63) is 94.9 Å². The van der Waals surface area contributed by atoms with Crippen LogP contribution in [0.15, 0.2) is 70.9 Å². The van der Waals surface area contributed by atoms with Gasteiger partial charge in [-0.3, -0.25) is 0 Å². The van der Waals surface area contributed by atoms with E-state index in [1.807, 2.05) is 62.4 Å². The molecule has 0 radical (unpaired) electrons. The average Bonchev–Trinajstić information content (AvgIpc) is 3.53. The Kier molecular flexibility index (Phi) is 12.8. The van der Waals surface area contributed by atoms with Gasteiger partial charge in [-0.15, -0.1) is 0 Å². The predicted molar refractivity (Wildman–Crippen MR) is 155 cm³/mol. The van der Waals surface area contributed by atoms with Crippen molar-refractivity contribution in [2.24, 2.45) is 15.7 Å². The zero-order valence-corrected chi connectivity index (χ0v) is 21.9. The molecule has 0 aliphatic heterocycles. The first-order valence-electron chi connectivity index (χ1n) is 11.1. The molecule has 8 N–H and O–H groups in total. The molecule has 0 fully saturated rings. The molecule has 196 valence electrons. The van der Waals surface area contributed by atoms with Gasteiger partial charge in [-0.1, -0.05) is 59.7 Å². The minimum absolute atomic E-state index is 0. The van der Waals surface area contributed by atoms with Gasteiger partial charge in [-0.05, 0) is 37.4 Å². The van der Waals surface area contributed by atoms with Gasteiger partial charge in [-0.25, -0.2) is 19.7 Å². The van der Waals surface area contributed by atoms with Gasteiger partial charge in [0.15, 0.2) is 6.40 Å². The highest BCUT2D eigenvalue weighted by Crippen LogP contribution is 2.39. The minimum atomic E-state index is 0. The van der Waals surface area contributed by atoms with Crippen molar-refractivity contribution >= 4 is 35.7 Å². The summed E-state index contributed by atoms with van der Waals surface area (Å²) in [6.45, 7) is 18.5. The first-order chi connectivity index (χ1) is 18.0. The van der Waals surface area contributed by atoms with Crippen LogP contribution in [0.2, 0.25) is 0 Å². The number of aryl methyl sites for hydroxylation is 2. The molecule has 2 heterocycles. The lowest BCUT2D eigenvalue weighted by molar-refractivity contribution is 0.399. The van der Waals surface area contributed by atoms with E-state index in [9.17, 15) is 0 Å². The lowest BCUT2D eigenvalue weighted by atomic mass is 10.1. The molecular formula is C28H32N8O2. The van der Waals surface area contributed by atoms with Crippen LogP contribution >= 0.6 is 0 Å². The molecular weight excluding hydrogens is 480 g/mol. The van der Waals surface area contributed by atoms with Gasteiger partial charge in [-0.2, -0.15) is 0 Å². The lowest BCUT2D eigenvalue weighted by Gasteiger charge is -1.99. The topological polar surface area (TPSA) is 155 Å². The number of benzene rings is 2. The van der Waals surface area contributed by atoms with E-state index in [4.69, 9.17) is 28.7 Å². The van der Waals surface area contributed by atoms with E-state index in [2.05, 4.69) is 29.6 Å². The van der Waals surface area contributed by atoms with Crippen molar-refractivity contribution in [3.63, 3.8) is 0 Å². The number of rotatable bonds is 5. The average molecular weight is 513 g/mol. The fraction of sp³-hybridized carbons (Fsp3) is 0.143. The van der Waals surface area contributed by atoms with Gasteiger partial charge in [0, 0.05) is 18.2 Å². The van der Waals surface area contributed by atoms with Crippen LogP contribution in [0.3, 0.4) is 0 Å². The van der Waals surface area contributed by atoms with Gasteiger partial charge in [0.25, 0.3) is 0 Å². The number of nitrogens with one attached hydrogen (secondary N) is 2. The van der Waals surface area contributed by atoms with Crippen LogP contribution in [0.4, 0.5) is 23.0 Å². The quantitative estimate of drug-likeness (QED) is 0.113. The Morgan fingerprint density at radius 1 is 0.789 bits per heavy atom. The summed E-state index contributed by atoms with van der Waals surface area (Å²) < 4.78 is 4.76. The third-order valence-corrected chi connectivity index (χ3v) is 5.10. The monoisotopic (exact) mass is 512 g/mol. The van der Waals surface area contributed by atoms with Crippen LogP contribution < -0.4 is 11.9 Å². The maximum absolute atomic E-state index is 7.26. The summed E-state index contributed by atoms with van der Waals surface area (Å²) in [6.07, 6.45) is 6.06. The number of H-pyrrole nitrogens is 2. The van der Waals surface area contributed by atoms with Crippen LogP contribution in [0.5, 0.6) is 0 Å². The Morgan fingerprint density at radius 2 is 1.18 bits per heavy atom. The van der Waals surface area contributed by atoms with Gasteiger partial charge in [0.2, 0.25) is 11.4 Å². The number of aromatic amines is 2. The van der Waals surface area contributed by atoms with Crippen LogP contribution in [-0.4, -0.2) is 42.0 Å². The molecule has 0 aliphatic rings. The molecule has 0 amide bonds. The molecule has 0 bridgehead atoms. The lowest BCUT2D eigenvalue weighted by Crippen LogP contribution is -1.86. The summed E-state index contributed by atoms with van der Waals surface area (Å²) in [4.78, 5) is 20.9. The normalized spacial score (nSPS) is 9.87. The van der Waals surface area contributed by atoms with E-state index in [1.165, 1.54) is 31.0 Å². The molecule has 0 atom stereocenters. The third-order valence-electron chi connectivity index (χ3n) is 5.10. The zero-order valence-electron chi connectivity index (χ0n) is 21.9. The van der Waals surface area contributed by atoms with E-state index in [0.717, 1.165) is 29.4 Å². The summed E-state index contributed by atoms with van der Waals surface area (Å²) in [5.41, 5.74) is 12.3. The Bertz CT molecular complexity index is 1420. The van der Waals surface area contributed by atoms with Gasteiger partial charge >= 0.3 is 0 Å². The Hall–Kier alpha value is -5.16. The summed E-state index contributed by atoms with van der Waals surface area (Å²) in [5, 5.41) is 7.00. The molecule has 2 aromatic carbocycles. The van der Waals surface area contributed by atoms with Crippen molar-refractivity contribution in [2.45, 2.75) is 13.8 Å². The van der Waals surface area contributed by atoms with Crippen molar-refractivity contribution < 1.29 is 9.84 Å². The van der Waals surface area contributed by atoms with Crippen molar-refractivity contribution in [1.82, 2.24) is 16.1 Å². The standard InChI is InChI=1S/C14H13N3O.C13H12N4.CH4O.H3N/c1-10-4-6-11(7-5-10)12-8-16-14(13(12)15-2)17-9-18-3;1-9-3-5-10(6-4-9)11-7-16-13(17-8-14)12(11)15-2;1-2;/h4-9,16H,1,3H3;3-8,16H,1H3,(H2,14,17);2H,1H3;1H3. The molecule has 10 nitrogen and oxygen atoms in total. The van der Waals surface area contributed by atoms with Crippen LogP contribution in [0.1, 0.15) is 11.1 Å². The molecule has 0 saturated carbocycles. The SMILES string of the molecule is CO.N.[C-]#[N+]c1c(-c2ccc(C)cc2)c[nH]c1N=CN.[C-]#[N+]c1c(-c2ccc(C)cc2)c[nH]c1N=COC. The maximum Gasteiger partial charge on any atom is 0.237 e. The Labute approximate surface area is 222 Å². The number of hydrogen-bond donors (Lipinski definition) is 5. The van der Waals surface area contributed by atoms with E-state index in [1.54, 1.807) is 12.4 Å². The first-order valence-corrected chi connectivity index (χ1v) is 11.1. The Morgan fingerprint density at radius 3 is 1.53 bits per heavy atom. The van der Waals surface area contributed by atoms with E-state index in [-0.39, 0.29) is 6.15 Å². The van der Waals surface area contributed by atoms with Crippen molar-refractivity contribution in [2.75, 3.05) is 14.2 Å². The summed E-state index contributed by atoms with van der Waals surface area (Å²) >= 11 is 0. The number of nitrogens with zero attached hydrogens (tertiary/aromatic N) is 4. The summed E-state index contributed by atoms with van der Waals surface area (Å²) in [5.74, 6) is 1.01. The second-order valence-electron chi connectivity index (χ2n) is 7.50. The zero-order chi connectivity index (χ0) is 27.2. The molecule has 0 spiro atoms. The molecule has 4 rings (SSSR count). The number of methoxy groups -OCH3 is 1. The predicted octanol–water partition coefficient (Wildman–Crippen LogP) is 6.78. The van der Waals surface area contributed by atoms with Crippen molar-refractivity contribution in [3.8, 4) is 22.3 Å². The van der Waals surface area contributed by atoms with E-state index < -0.39 is 0 Å². The largest absolute Gasteiger partial charge is 0.486 e. The minimum Gasteiger partial charge on any atom is -0.486 e. The molecule has 2 aromatic heterocycles. The molecule has 10 heteroatoms. The molecule has 4 aromatic rings. The Balaban J connectivity index is 0.000000349. The van der Waals surface area contributed by atoms with Crippen LogP contribution in [0, 0.1) is 27.0 Å². The van der Waals surface area contributed by atoms with E-state index in [0.29, 0.717) is 23.0 Å². The van der Waals surface area contributed by atoms with Gasteiger partial charge in [0.1, 0.15) is 11.6 Å². The molecule has 0 aliphatic carbocycles. The number of aromatic nitrogens is 2. The first kappa shape index (κ1) is 30.9. The summed E-state index contributed by atoms with van der Waals surface area (Å²) in [6, 6.07) is 16.0. The number of aliphatic imine (C=N–C) groups is 2. The second-order valence-corrected chi connectivity index (χ2v) is 7.50. The maximum atomic E-state index is 7.26. The van der Waals surface area contributed by atoms with Gasteiger partial charge in [0.05, 0.1) is 26.6 Å². The number of aliphatic hydroxyl groups is 1. The second kappa shape index (κ2) is 15.8. The van der Waals surface area contributed by atoms with Gasteiger partial charge < -0.3 is 31.7 Å². The highest BCUT2D eigenvalue weighted by molar-refractivity contribution is 5.87. The van der Waals surface area contributed by atoms with E-state index >= 15 is 0 Å². The van der Waals surface area contributed by atoms with Crippen LogP contribution in [-0.2, 0) is 4.74 Å². The summed E-state index contributed by atoms with van der Waals surface area (Å²) in [7, 11) is 2.52. The highest BCUT2D eigenvalue weighted by Gasteiger charge is 2.13.